The number of amides is 1. The van der Waals surface area contributed by atoms with Crippen molar-refractivity contribution in [2.24, 2.45) is 11.7 Å². The van der Waals surface area contributed by atoms with Crippen molar-refractivity contribution in [3.8, 4) is 0 Å². The maximum Gasteiger partial charge on any atom is 0.221 e. The third-order valence-electron chi connectivity index (χ3n) is 4.26. The molecule has 1 amide bonds. The number of thiocarbonyl (C=S) groups is 1. The Hall–Kier alpha value is -0.640. The van der Waals surface area contributed by atoms with Crippen molar-refractivity contribution in [3.63, 3.8) is 0 Å². The Labute approximate surface area is 116 Å². The van der Waals surface area contributed by atoms with E-state index in [4.69, 9.17) is 18.0 Å². The molecule has 18 heavy (non-hydrogen) atoms. The molecule has 0 unspecified atom stereocenters. The normalized spacial score (nSPS) is 17.4. The highest BCUT2D eigenvalue weighted by atomic mass is 32.1. The van der Waals surface area contributed by atoms with Crippen molar-refractivity contribution in [2.75, 3.05) is 0 Å². The van der Waals surface area contributed by atoms with Gasteiger partial charge in [0, 0.05) is 6.42 Å². The minimum absolute atomic E-state index is 0.110. The minimum Gasteiger partial charge on any atom is -0.391 e. The maximum absolute atomic E-state index is 12.1. The predicted octanol–water partition coefficient (Wildman–Crippen LogP) is 2.92. The molecule has 3 N–H and O–H groups in total. The monoisotopic (exact) mass is 270 g/mol. The summed E-state index contributed by atoms with van der Waals surface area (Å²) in [5.74, 6) is 0.662. The van der Waals surface area contributed by atoms with E-state index in [-0.39, 0.29) is 5.91 Å². The molecule has 0 aromatic rings. The summed E-state index contributed by atoms with van der Waals surface area (Å²) in [6, 6.07) is 0. The number of rotatable bonds is 6. The first-order valence-electron chi connectivity index (χ1n) is 7.15. The zero-order chi connectivity index (χ0) is 13.6. The fraction of sp³-hybridized carbons (Fsp3) is 0.857. The summed E-state index contributed by atoms with van der Waals surface area (Å²) in [7, 11) is 0. The van der Waals surface area contributed by atoms with Crippen LogP contribution < -0.4 is 11.1 Å². The van der Waals surface area contributed by atoms with E-state index in [2.05, 4.69) is 5.32 Å². The molecule has 0 radical (unpaired) electrons. The molecule has 1 aliphatic carbocycles. The summed E-state index contributed by atoms with van der Waals surface area (Å²) < 4.78 is 0. The number of nitrogens with two attached hydrogens (primary N) is 1. The highest BCUT2D eigenvalue weighted by molar-refractivity contribution is 7.80. The van der Waals surface area contributed by atoms with Crippen LogP contribution >= 0.6 is 12.2 Å². The Morgan fingerprint density at radius 2 is 1.83 bits per heavy atom. The van der Waals surface area contributed by atoms with Gasteiger partial charge < -0.3 is 11.1 Å². The molecule has 1 fully saturated rings. The first kappa shape index (κ1) is 15.4. The molecule has 0 atom stereocenters. The van der Waals surface area contributed by atoms with E-state index in [0.717, 1.165) is 12.8 Å². The molecule has 0 bridgehead atoms. The van der Waals surface area contributed by atoms with Crippen LogP contribution in [0.5, 0.6) is 0 Å². The number of carbonyl (C=O) groups excluding carboxylic acids is 1. The van der Waals surface area contributed by atoms with Crippen LogP contribution in [-0.2, 0) is 4.79 Å². The standard InChI is InChI=1S/C14H26N2OS/c1-3-14(4-2,13(15)18)16-12(17)10-11-8-6-5-7-9-11/h11H,3-10H2,1-2H3,(H2,15,18)(H,16,17). The molecule has 0 aromatic heterocycles. The Morgan fingerprint density at radius 1 is 1.28 bits per heavy atom. The second-order valence-electron chi connectivity index (χ2n) is 5.41. The van der Waals surface area contributed by atoms with Gasteiger partial charge in [-0.05, 0) is 31.6 Å². The van der Waals surface area contributed by atoms with Crippen molar-refractivity contribution in [1.29, 1.82) is 0 Å². The minimum atomic E-state index is -0.485. The Balaban J connectivity index is 2.53. The van der Waals surface area contributed by atoms with E-state index in [1.807, 2.05) is 13.8 Å². The highest BCUT2D eigenvalue weighted by Crippen LogP contribution is 2.26. The van der Waals surface area contributed by atoms with Gasteiger partial charge in [0.1, 0.15) is 0 Å². The summed E-state index contributed by atoms with van der Waals surface area (Å²) in [6.45, 7) is 4.03. The fourth-order valence-corrected chi connectivity index (χ4v) is 3.15. The van der Waals surface area contributed by atoms with Crippen LogP contribution in [0, 0.1) is 5.92 Å². The summed E-state index contributed by atoms with van der Waals surface area (Å²) in [6.07, 6.45) is 8.37. The summed E-state index contributed by atoms with van der Waals surface area (Å²) in [5, 5.41) is 3.07. The third kappa shape index (κ3) is 3.94. The molecule has 0 spiro atoms. The Bertz CT molecular complexity index is 294. The van der Waals surface area contributed by atoms with E-state index < -0.39 is 5.54 Å². The first-order valence-corrected chi connectivity index (χ1v) is 7.55. The van der Waals surface area contributed by atoms with Crippen molar-refractivity contribution >= 4 is 23.1 Å². The second-order valence-corrected chi connectivity index (χ2v) is 5.85. The fourth-order valence-electron chi connectivity index (χ4n) is 2.81. The molecular formula is C14H26N2OS. The van der Waals surface area contributed by atoms with Gasteiger partial charge in [0.25, 0.3) is 0 Å². The highest BCUT2D eigenvalue weighted by Gasteiger charge is 2.31. The third-order valence-corrected chi connectivity index (χ3v) is 4.65. The van der Waals surface area contributed by atoms with E-state index in [1.54, 1.807) is 0 Å². The number of nitrogens with one attached hydrogen (secondary N) is 1. The number of hydrogen-bond acceptors (Lipinski definition) is 2. The molecule has 0 saturated heterocycles. The van der Waals surface area contributed by atoms with Crippen molar-refractivity contribution in [1.82, 2.24) is 5.32 Å². The summed E-state index contributed by atoms with van der Waals surface area (Å²) in [4.78, 5) is 12.5. The zero-order valence-corrected chi connectivity index (χ0v) is 12.4. The van der Waals surface area contributed by atoms with Gasteiger partial charge in [-0.15, -0.1) is 0 Å². The molecule has 1 aliphatic rings. The molecule has 0 aromatic carbocycles. The number of hydrogen-bond donors (Lipinski definition) is 2. The van der Waals surface area contributed by atoms with Crippen LogP contribution in [0.3, 0.4) is 0 Å². The molecule has 1 rings (SSSR count). The lowest BCUT2D eigenvalue weighted by atomic mass is 9.86. The molecule has 1 saturated carbocycles. The lowest BCUT2D eigenvalue weighted by molar-refractivity contribution is -0.123. The largest absolute Gasteiger partial charge is 0.391 e. The van der Waals surface area contributed by atoms with Gasteiger partial charge in [-0.1, -0.05) is 45.3 Å². The van der Waals surface area contributed by atoms with Crippen LogP contribution in [0.25, 0.3) is 0 Å². The molecule has 0 aliphatic heterocycles. The predicted molar refractivity (Wildman–Crippen MR) is 79.4 cm³/mol. The average molecular weight is 270 g/mol. The lowest BCUT2D eigenvalue weighted by Crippen LogP contribution is -2.56. The van der Waals surface area contributed by atoms with Crippen LogP contribution in [-0.4, -0.2) is 16.4 Å². The molecule has 0 heterocycles. The van der Waals surface area contributed by atoms with Gasteiger partial charge in [0.05, 0.1) is 10.5 Å². The second kappa shape index (κ2) is 7.07. The summed E-state index contributed by atoms with van der Waals surface area (Å²) in [5.41, 5.74) is 5.31. The van der Waals surface area contributed by atoms with Gasteiger partial charge in [0.15, 0.2) is 0 Å². The quantitative estimate of drug-likeness (QED) is 0.730. The lowest BCUT2D eigenvalue weighted by Gasteiger charge is -2.32. The molecule has 4 heteroatoms. The van der Waals surface area contributed by atoms with Gasteiger partial charge in [-0.25, -0.2) is 0 Å². The SMILES string of the molecule is CCC(CC)(NC(=O)CC1CCCCC1)C(N)=S. The van der Waals surface area contributed by atoms with Crippen LogP contribution in [0.2, 0.25) is 0 Å². The smallest absolute Gasteiger partial charge is 0.221 e. The topological polar surface area (TPSA) is 55.1 Å². The zero-order valence-electron chi connectivity index (χ0n) is 11.6. The van der Waals surface area contributed by atoms with Gasteiger partial charge >= 0.3 is 0 Å². The van der Waals surface area contributed by atoms with E-state index in [0.29, 0.717) is 17.3 Å². The maximum atomic E-state index is 12.1. The number of carbonyl (C=O) groups is 1. The molecule has 3 nitrogen and oxygen atoms in total. The van der Waals surface area contributed by atoms with E-state index >= 15 is 0 Å². The van der Waals surface area contributed by atoms with Crippen LogP contribution in [0.15, 0.2) is 0 Å². The van der Waals surface area contributed by atoms with Crippen molar-refractivity contribution < 1.29 is 4.79 Å². The molecular weight excluding hydrogens is 244 g/mol. The van der Waals surface area contributed by atoms with Gasteiger partial charge in [-0.3, -0.25) is 4.79 Å². The van der Waals surface area contributed by atoms with Gasteiger partial charge in [0.2, 0.25) is 5.91 Å². The Kier molecular flexibility index (Phi) is 6.06. The summed E-state index contributed by atoms with van der Waals surface area (Å²) >= 11 is 5.11. The average Bonchev–Trinajstić information content (AvgIpc) is 2.37. The van der Waals surface area contributed by atoms with Gasteiger partial charge in [-0.2, -0.15) is 0 Å². The van der Waals surface area contributed by atoms with Crippen LogP contribution in [0.1, 0.15) is 65.2 Å². The first-order chi connectivity index (χ1) is 8.54. The van der Waals surface area contributed by atoms with E-state index in [1.165, 1.54) is 32.1 Å². The van der Waals surface area contributed by atoms with E-state index in [9.17, 15) is 4.79 Å². The van der Waals surface area contributed by atoms with Crippen LogP contribution in [0.4, 0.5) is 0 Å². The van der Waals surface area contributed by atoms with Crippen molar-refractivity contribution in [3.05, 3.63) is 0 Å². The van der Waals surface area contributed by atoms with Crippen molar-refractivity contribution in [2.45, 2.75) is 70.8 Å². The Morgan fingerprint density at radius 3 is 2.28 bits per heavy atom. The molecule has 104 valence electrons.